The van der Waals surface area contributed by atoms with E-state index in [2.05, 4.69) is 24.5 Å². The average Bonchev–Trinajstić information content (AvgIpc) is 2.88. The van der Waals surface area contributed by atoms with E-state index in [1.54, 1.807) is 0 Å². The topological polar surface area (TPSA) is 119 Å². The third-order valence-corrected chi connectivity index (χ3v) is 11.6. The van der Waals surface area contributed by atoms with Gasteiger partial charge in [-0.1, -0.05) is 129 Å². The van der Waals surface area contributed by atoms with Crippen LogP contribution in [0.2, 0.25) is 0 Å². The van der Waals surface area contributed by atoms with E-state index >= 15 is 0 Å². The number of aliphatic hydroxyl groups excluding tert-OH is 1. The molecule has 0 aromatic rings. The fourth-order valence-corrected chi connectivity index (χ4v) is 8.99. The summed E-state index contributed by atoms with van der Waals surface area (Å²) in [6.07, 6.45) is 24.3. The van der Waals surface area contributed by atoms with E-state index in [0.717, 1.165) is 25.7 Å². The Bertz CT molecular complexity index is 610. The first-order valence-corrected chi connectivity index (χ1v) is 19.9. The van der Waals surface area contributed by atoms with Gasteiger partial charge in [-0.15, -0.1) is 0 Å². The van der Waals surface area contributed by atoms with Crippen LogP contribution in [0, 0.1) is 0 Å². The minimum atomic E-state index is -3.77. The molecule has 0 rings (SSSR count). The summed E-state index contributed by atoms with van der Waals surface area (Å²) < 4.78 is 25.4. The maximum absolute atomic E-state index is 12.8. The molecule has 230 valence electrons. The Balaban J connectivity index is 3.90. The SMILES string of the molecule is CCCCCCCCCCCCNCP(=O)(O)CC(CO)P(=O)(O)CNCCCCCCCCCCCC. The molecule has 0 aromatic carbocycles. The lowest BCUT2D eigenvalue weighted by atomic mass is 10.1. The monoisotopic (exact) mass is 582 g/mol. The molecule has 9 heteroatoms. The van der Waals surface area contributed by atoms with Gasteiger partial charge in [0.1, 0.15) is 0 Å². The Kier molecular flexibility index (Phi) is 26.4. The molecule has 0 aromatic heterocycles. The van der Waals surface area contributed by atoms with Crippen LogP contribution in [-0.2, 0) is 9.13 Å². The van der Waals surface area contributed by atoms with Crippen LogP contribution in [0.1, 0.15) is 142 Å². The summed E-state index contributed by atoms with van der Waals surface area (Å²) in [5, 5.41) is 15.8. The van der Waals surface area contributed by atoms with Gasteiger partial charge in [0.25, 0.3) is 0 Å². The number of unbranched alkanes of at least 4 members (excludes halogenated alkanes) is 18. The average molecular weight is 583 g/mol. The smallest absolute Gasteiger partial charge is 0.219 e. The largest absolute Gasteiger partial charge is 0.395 e. The van der Waals surface area contributed by atoms with Crippen LogP contribution < -0.4 is 10.6 Å². The lowest BCUT2D eigenvalue weighted by Gasteiger charge is -2.24. The first-order chi connectivity index (χ1) is 18.3. The van der Waals surface area contributed by atoms with Gasteiger partial charge in [-0.3, -0.25) is 9.13 Å². The summed E-state index contributed by atoms with van der Waals surface area (Å²) in [7, 11) is -7.41. The molecule has 0 aliphatic heterocycles. The summed E-state index contributed by atoms with van der Waals surface area (Å²) in [6, 6.07) is 0. The third-order valence-electron chi connectivity index (χ3n) is 7.39. The van der Waals surface area contributed by atoms with Crippen molar-refractivity contribution in [3.8, 4) is 0 Å². The number of aliphatic hydroxyl groups is 1. The predicted molar refractivity (Wildman–Crippen MR) is 165 cm³/mol. The lowest BCUT2D eigenvalue weighted by Crippen LogP contribution is -2.28. The maximum Gasteiger partial charge on any atom is 0.219 e. The van der Waals surface area contributed by atoms with Gasteiger partial charge in [0, 0.05) is 6.16 Å². The van der Waals surface area contributed by atoms with Crippen molar-refractivity contribution in [3.63, 3.8) is 0 Å². The van der Waals surface area contributed by atoms with Gasteiger partial charge < -0.3 is 25.5 Å². The molecule has 7 nitrogen and oxygen atoms in total. The zero-order valence-electron chi connectivity index (χ0n) is 25.0. The van der Waals surface area contributed by atoms with Gasteiger partial charge in [0.15, 0.2) is 0 Å². The van der Waals surface area contributed by atoms with Crippen molar-refractivity contribution in [2.24, 2.45) is 0 Å². The minimum Gasteiger partial charge on any atom is -0.395 e. The fraction of sp³-hybridized carbons (Fsp3) is 1.00. The molecule has 3 unspecified atom stereocenters. The summed E-state index contributed by atoms with van der Waals surface area (Å²) in [6.45, 7) is 5.23. The fourth-order valence-electron chi connectivity index (χ4n) is 4.80. The number of rotatable bonds is 30. The Morgan fingerprint density at radius 3 is 1.26 bits per heavy atom. The Morgan fingerprint density at radius 1 is 0.553 bits per heavy atom. The molecule has 0 fully saturated rings. The molecular weight excluding hydrogens is 518 g/mol. The molecule has 0 heterocycles. The molecule has 0 saturated carbocycles. The Hall–Kier alpha value is 0.260. The highest BCUT2D eigenvalue weighted by atomic mass is 31.2. The molecule has 5 N–H and O–H groups in total. The maximum atomic E-state index is 12.8. The second kappa shape index (κ2) is 26.2. The van der Waals surface area contributed by atoms with Crippen LogP contribution in [0.5, 0.6) is 0 Å². The highest BCUT2D eigenvalue weighted by Crippen LogP contribution is 2.52. The van der Waals surface area contributed by atoms with Crippen molar-refractivity contribution in [1.29, 1.82) is 0 Å². The van der Waals surface area contributed by atoms with Crippen LogP contribution in [-0.4, -0.2) is 59.0 Å². The first-order valence-electron chi connectivity index (χ1n) is 15.9. The van der Waals surface area contributed by atoms with Gasteiger partial charge in [-0.2, -0.15) is 0 Å². The van der Waals surface area contributed by atoms with Gasteiger partial charge >= 0.3 is 0 Å². The van der Waals surface area contributed by atoms with E-state index in [-0.39, 0.29) is 18.7 Å². The minimum absolute atomic E-state index is 0.0764. The van der Waals surface area contributed by atoms with Crippen molar-refractivity contribution in [3.05, 3.63) is 0 Å². The van der Waals surface area contributed by atoms with Crippen molar-refractivity contribution >= 4 is 14.7 Å². The highest BCUT2D eigenvalue weighted by molar-refractivity contribution is 7.62. The zero-order valence-corrected chi connectivity index (χ0v) is 26.8. The van der Waals surface area contributed by atoms with Crippen LogP contribution in [0.25, 0.3) is 0 Å². The highest BCUT2D eigenvalue weighted by Gasteiger charge is 2.35. The molecule has 0 bridgehead atoms. The second-order valence-electron chi connectivity index (χ2n) is 11.3. The summed E-state index contributed by atoms with van der Waals surface area (Å²) >= 11 is 0. The van der Waals surface area contributed by atoms with Crippen LogP contribution in [0.3, 0.4) is 0 Å². The molecule has 0 spiro atoms. The first kappa shape index (κ1) is 38.3. The van der Waals surface area contributed by atoms with Gasteiger partial charge in [-0.25, -0.2) is 0 Å². The molecule has 0 amide bonds. The van der Waals surface area contributed by atoms with Crippen molar-refractivity contribution < 1.29 is 24.0 Å². The summed E-state index contributed by atoms with van der Waals surface area (Å²) in [5.41, 5.74) is -1.07. The van der Waals surface area contributed by atoms with Gasteiger partial charge in [0.2, 0.25) is 14.7 Å². The Morgan fingerprint density at radius 2 is 0.895 bits per heavy atom. The standard InChI is InChI=1S/C29H64N2O5P2/c1-3-5-7-9-11-13-15-17-19-21-23-30-27-37(33,34)26-29(25-32)38(35,36)28-31-24-22-20-18-16-14-12-10-8-6-4-2/h29-32H,3-28H2,1-2H3,(H,33,34)(H,35,36). The van der Waals surface area contributed by atoms with Gasteiger partial charge in [0.05, 0.1) is 24.8 Å². The van der Waals surface area contributed by atoms with E-state index in [0.29, 0.717) is 13.1 Å². The number of hydrogen-bond donors (Lipinski definition) is 5. The normalized spacial score (nSPS) is 15.8. The van der Waals surface area contributed by atoms with Gasteiger partial charge in [-0.05, 0) is 25.9 Å². The quantitative estimate of drug-likeness (QED) is 0.0433. The lowest BCUT2D eigenvalue weighted by molar-refractivity contribution is 0.286. The molecule has 0 radical (unpaired) electrons. The summed E-state index contributed by atoms with van der Waals surface area (Å²) in [4.78, 5) is 20.8. The van der Waals surface area contributed by atoms with E-state index in [1.165, 1.54) is 103 Å². The predicted octanol–water partition coefficient (Wildman–Crippen LogP) is 7.82. The van der Waals surface area contributed by atoms with Crippen LogP contribution in [0.4, 0.5) is 0 Å². The van der Waals surface area contributed by atoms with E-state index < -0.39 is 27.0 Å². The van der Waals surface area contributed by atoms with Crippen molar-refractivity contribution in [2.45, 2.75) is 148 Å². The molecule has 0 saturated heterocycles. The zero-order chi connectivity index (χ0) is 28.4. The molecular formula is C29H64N2O5P2. The third kappa shape index (κ3) is 24.1. The number of hydrogen-bond acceptors (Lipinski definition) is 5. The van der Waals surface area contributed by atoms with Crippen LogP contribution >= 0.6 is 14.7 Å². The molecule has 0 aliphatic rings. The van der Waals surface area contributed by atoms with E-state index in [1.807, 2.05) is 0 Å². The van der Waals surface area contributed by atoms with Crippen LogP contribution in [0.15, 0.2) is 0 Å². The van der Waals surface area contributed by atoms with E-state index in [4.69, 9.17) is 0 Å². The summed E-state index contributed by atoms with van der Waals surface area (Å²) in [5.74, 6) is 0. The second-order valence-corrected chi connectivity index (χ2v) is 16.2. The van der Waals surface area contributed by atoms with E-state index in [9.17, 15) is 24.0 Å². The number of nitrogens with one attached hydrogen (secondary N) is 2. The Labute approximate surface area is 235 Å². The van der Waals surface area contributed by atoms with Crippen molar-refractivity contribution in [1.82, 2.24) is 10.6 Å². The molecule has 3 atom stereocenters. The van der Waals surface area contributed by atoms with Crippen molar-refractivity contribution in [2.75, 3.05) is 38.4 Å². The molecule has 38 heavy (non-hydrogen) atoms. The molecule has 0 aliphatic carbocycles.